The largest absolute Gasteiger partial charge is 0.482 e. The number of carbonyl (C=O) groups is 1. The molecule has 0 N–H and O–H groups in total. The Labute approximate surface area is 125 Å². The Morgan fingerprint density at radius 2 is 1.77 bits per heavy atom. The van der Waals surface area contributed by atoms with Crippen molar-refractivity contribution in [2.24, 2.45) is 5.41 Å². The number of phosphoric acid groups is 1. The second-order valence-electron chi connectivity index (χ2n) is 5.17. The van der Waals surface area contributed by atoms with Gasteiger partial charge in [0, 0.05) is 0 Å². The van der Waals surface area contributed by atoms with Gasteiger partial charge in [-0.25, -0.2) is 13.8 Å². The number of benzene rings is 1. The number of rotatable bonds is 5. The standard InChI is InChI=1S/C13H14FO7P/c14-10-1-3-11(4-2-10)17-5-12(15)18-6-13-7-19-22(16,20-8-13)21-9-13/h1-4H,5-9H2. The molecule has 3 heterocycles. The van der Waals surface area contributed by atoms with Crippen molar-refractivity contribution >= 4 is 13.8 Å². The van der Waals surface area contributed by atoms with Crippen LogP contribution in [-0.4, -0.2) is 39.0 Å². The molecule has 3 aliphatic rings. The zero-order chi connectivity index (χ0) is 15.6. The summed E-state index contributed by atoms with van der Waals surface area (Å²) in [5.74, 6) is -0.610. The molecule has 1 aromatic carbocycles. The van der Waals surface area contributed by atoms with Gasteiger partial charge in [-0.05, 0) is 24.3 Å². The molecule has 3 saturated heterocycles. The molecule has 2 bridgehead atoms. The first-order valence-electron chi connectivity index (χ1n) is 6.56. The third-order valence-corrected chi connectivity index (χ3v) is 4.63. The summed E-state index contributed by atoms with van der Waals surface area (Å²) in [5.41, 5.74) is -0.641. The van der Waals surface area contributed by atoms with Crippen molar-refractivity contribution in [3.8, 4) is 5.75 Å². The van der Waals surface area contributed by atoms with E-state index in [0.717, 1.165) is 0 Å². The Morgan fingerprint density at radius 3 is 2.36 bits per heavy atom. The molecular weight excluding hydrogens is 318 g/mol. The van der Waals surface area contributed by atoms with Gasteiger partial charge in [-0.3, -0.25) is 13.6 Å². The predicted octanol–water partition coefficient (Wildman–Crippen LogP) is 1.92. The second-order valence-corrected chi connectivity index (χ2v) is 6.84. The van der Waals surface area contributed by atoms with Gasteiger partial charge in [-0.1, -0.05) is 0 Å². The molecule has 0 aliphatic carbocycles. The molecule has 3 aliphatic heterocycles. The van der Waals surface area contributed by atoms with E-state index in [1.165, 1.54) is 24.3 Å². The quantitative estimate of drug-likeness (QED) is 0.602. The summed E-state index contributed by atoms with van der Waals surface area (Å²) in [6.07, 6.45) is 0. The maximum Gasteiger partial charge on any atom is 0.474 e. The van der Waals surface area contributed by atoms with Gasteiger partial charge in [0.05, 0.1) is 25.2 Å². The van der Waals surface area contributed by atoms with Gasteiger partial charge in [0.15, 0.2) is 6.61 Å². The predicted molar refractivity (Wildman–Crippen MR) is 70.7 cm³/mol. The van der Waals surface area contributed by atoms with E-state index in [1.807, 2.05) is 0 Å². The van der Waals surface area contributed by atoms with Gasteiger partial charge in [-0.15, -0.1) is 0 Å². The molecule has 4 rings (SSSR count). The summed E-state index contributed by atoms with van der Waals surface area (Å²) in [6.45, 7) is 0.157. The van der Waals surface area contributed by atoms with Crippen LogP contribution < -0.4 is 4.74 Å². The van der Waals surface area contributed by atoms with Crippen LogP contribution in [0, 0.1) is 11.2 Å². The molecule has 0 saturated carbocycles. The van der Waals surface area contributed by atoms with Crippen molar-refractivity contribution in [1.29, 1.82) is 0 Å². The van der Waals surface area contributed by atoms with Gasteiger partial charge in [0.2, 0.25) is 0 Å². The first-order valence-corrected chi connectivity index (χ1v) is 8.02. The number of esters is 1. The molecule has 3 fully saturated rings. The normalized spacial score (nSPS) is 30.0. The van der Waals surface area contributed by atoms with Crippen molar-refractivity contribution < 1.29 is 36.8 Å². The molecule has 0 unspecified atom stereocenters. The van der Waals surface area contributed by atoms with Gasteiger partial charge in [0.1, 0.15) is 18.2 Å². The Kier molecular flexibility index (Phi) is 4.18. The van der Waals surface area contributed by atoms with Crippen LogP contribution in [0.4, 0.5) is 4.39 Å². The van der Waals surface area contributed by atoms with Crippen LogP contribution in [0.5, 0.6) is 5.75 Å². The Bertz CT molecular complexity index is 572. The highest BCUT2D eigenvalue weighted by molar-refractivity contribution is 7.48. The highest BCUT2D eigenvalue weighted by atomic mass is 31.2. The maximum absolute atomic E-state index is 12.7. The lowest BCUT2D eigenvalue weighted by atomic mass is 9.92. The fourth-order valence-electron chi connectivity index (χ4n) is 1.96. The fraction of sp³-hybridized carbons (Fsp3) is 0.462. The van der Waals surface area contributed by atoms with E-state index in [4.69, 9.17) is 23.0 Å². The minimum absolute atomic E-state index is 0.0125. The second kappa shape index (κ2) is 5.96. The minimum atomic E-state index is -3.37. The van der Waals surface area contributed by atoms with Gasteiger partial charge in [0.25, 0.3) is 0 Å². The molecule has 9 heteroatoms. The van der Waals surface area contributed by atoms with Crippen molar-refractivity contribution in [3.05, 3.63) is 30.1 Å². The number of hydrogen-bond donors (Lipinski definition) is 0. The van der Waals surface area contributed by atoms with Gasteiger partial charge >= 0.3 is 13.8 Å². The van der Waals surface area contributed by atoms with E-state index in [1.54, 1.807) is 0 Å². The molecule has 7 nitrogen and oxygen atoms in total. The Balaban J connectivity index is 1.44. The average Bonchev–Trinajstić information content (AvgIpc) is 2.54. The van der Waals surface area contributed by atoms with Crippen LogP contribution in [0.2, 0.25) is 0 Å². The number of phosphoric ester groups is 1. The lowest BCUT2D eigenvalue weighted by Crippen LogP contribution is -2.48. The van der Waals surface area contributed by atoms with Gasteiger partial charge < -0.3 is 9.47 Å². The molecule has 0 atom stereocenters. The number of halogens is 1. The van der Waals surface area contributed by atoms with Crippen LogP contribution in [0.25, 0.3) is 0 Å². The number of ether oxygens (including phenoxy) is 2. The first-order chi connectivity index (χ1) is 10.5. The summed E-state index contributed by atoms with van der Waals surface area (Å²) in [5, 5.41) is 0. The van der Waals surface area contributed by atoms with E-state index in [0.29, 0.717) is 5.75 Å². The first kappa shape index (κ1) is 15.4. The maximum atomic E-state index is 12.7. The topological polar surface area (TPSA) is 80.3 Å². The Hall–Kier alpha value is -1.47. The van der Waals surface area contributed by atoms with Crippen LogP contribution in [0.15, 0.2) is 24.3 Å². The zero-order valence-electron chi connectivity index (χ0n) is 11.5. The lowest BCUT2D eigenvalue weighted by molar-refractivity contribution is -0.161. The van der Waals surface area contributed by atoms with Crippen LogP contribution in [0.3, 0.4) is 0 Å². The fourth-order valence-corrected chi connectivity index (χ4v) is 3.48. The molecule has 120 valence electrons. The summed E-state index contributed by atoms with van der Waals surface area (Å²) in [4.78, 5) is 11.7. The number of hydrogen-bond acceptors (Lipinski definition) is 7. The molecule has 0 amide bonds. The summed E-state index contributed by atoms with van der Waals surface area (Å²) in [7, 11) is -3.37. The average molecular weight is 332 g/mol. The SMILES string of the molecule is O=C(COc1ccc(F)cc1)OCC12COP(=O)(OC1)OC2. The number of carbonyl (C=O) groups excluding carboxylic acids is 1. The van der Waals surface area contributed by atoms with E-state index in [-0.39, 0.29) is 38.9 Å². The molecule has 0 aromatic heterocycles. The van der Waals surface area contributed by atoms with Crippen LogP contribution >= 0.6 is 7.82 Å². The molecular formula is C13H14FO7P. The third kappa shape index (κ3) is 3.47. The molecule has 1 aromatic rings. The minimum Gasteiger partial charge on any atom is -0.482 e. The van der Waals surface area contributed by atoms with Crippen LogP contribution in [-0.2, 0) is 27.7 Å². The van der Waals surface area contributed by atoms with E-state index >= 15 is 0 Å². The lowest BCUT2D eigenvalue weighted by Gasteiger charge is -2.43. The number of fused-ring (bicyclic) bond motifs is 3. The zero-order valence-corrected chi connectivity index (χ0v) is 12.4. The summed E-state index contributed by atoms with van der Waals surface area (Å²) in [6, 6.07) is 5.29. The summed E-state index contributed by atoms with van der Waals surface area (Å²) >= 11 is 0. The van der Waals surface area contributed by atoms with Crippen molar-refractivity contribution in [3.63, 3.8) is 0 Å². The Morgan fingerprint density at radius 1 is 1.18 bits per heavy atom. The van der Waals surface area contributed by atoms with E-state index in [2.05, 4.69) is 0 Å². The van der Waals surface area contributed by atoms with E-state index in [9.17, 15) is 13.8 Å². The van der Waals surface area contributed by atoms with Crippen LogP contribution in [0.1, 0.15) is 0 Å². The third-order valence-electron chi connectivity index (χ3n) is 3.30. The monoisotopic (exact) mass is 332 g/mol. The van der Waals surface area contributed by atoms with Gasteiger partial charge in [-0.2, -0.15) is 0 Å². The molecule has 0 radical (unpaired) electrons. The van der Waals surface area contributed by atoms with E-state index < -0.39 is 19.2 Å². The summed E-state index contributed by atoms with van der Waals surface area (Å²) < 4.78 is 49.6. The molecule has 0 spiro atoms. The smallest absolute Gasteiger partial charge is 0.474 e. The highest BCUT2D eigenvalue weighted by Crippen LogP contribution is 2.59. The molecule has 22 heavy (non-hydrogen) atoms. The van der Waals surface area contributed by atoms with Crippen molar-refractivity contribution in [2.45, 2.75) is 0 Å². The van der Waals surface area contributed by atoms with Crippen molar-refractivity contribution in [1.82, 2.24) is 0 Å². The highest BCUT2D eigenvalue weighted by Gasteiger charge is 2.51. The van der Waals surface area contributed by atoms with Crippen molar-refractivity contribution in [2.75, 3.05) is 33.0 Å².